The molecule has 4 aromatic carbocycles. The summed E-state index contributed by atoms with van der Waals surface area (Å²) in [5.41, 5.74) is 10.8. The Bertz CT molecular complexity index is 2630. The molecule has 1 radical (unpaired) electrons. The van der Waals surface area contributed by atoms with Crippen LogP contribution < -0.4 is 0 Å². The van der Waals surface area contributed by atoms with Gasteiger partial charge in [0.25, 0.3) is 0 Å². The van der Waals surface area contributed by atoms with E-state index in [4.69, 9.17) is 4.11 Å². The van der Waals surface area contributed by atoms with Gasteiger partial charge in [-0.15, -0.1) is 69.8 Å². The molecule has 64 heavy (non-hydrogen) atoms. The van der Waals surface area contributed by atoms with E-state index in [1.165, 1.54) is 68.1 Å². The number of carbonyl (C=O) groups is 1. The van der Waals surface area contributed by atoms with Crippen LogP contribution in [0, 0.1) is 51.7 Å². The number of hydrogen-bond acceptors (Lipinski definition) is 4. The van der Waals surface area contributed by atoms with Crippen LogP contribution in [0.1, 0.15) is 147 Å². The second kappa shape index (κ2) is 24.1. The van der Waals surface area contributed by atoms with Crippen molar-refractivity contribution in [1.29, 1.82) is 0 Å². The molecular formula is C57H66F2IrN2O2-2. The molecule has 6 aromatic rings. The van der Waals surface area contributed by atoms with E-state index in [-0.39, 0.29) is 49.8 Å². The van der Waals surface area contributed by atoms with Crippen molar-refractivity contribution in [3.8, 4) is 22.5 Å². The predicted octanol–water partition coefficient (Wildman–Crippen LogP) is 16.1. The van der Waals surface area contributed by atoms with Crippen LogP contribution in [0.3, 0.4) is 0 Å². The first-order valence-corrected chi connectivity index (χ1v) is 23.1. The quantitative estimate of drug-likeness (QED) is 0.0754. The smallest absolute Gasteiger partial charge is 0.239 e. The largest absolute Gasteiger partial charge is 0.512 e. The Morgan fingerprint density at radius 1 is 0.703 bits per heavy atom. The normalized spacial score (nSPS) is 15.5. The van der Waals surface area contributed by atoms with Gasteiger partial charge in [-0.05, 0) is 113 Å². The molecule has 0 spiro atoms. The molecule has 2 saturated carbocycles. The third kappa shape index (κ3) is 13.3. The second-order valence-corrected chi connectivity index (χ2v) is 17.8. The Morgan fingerprint density at radius 3 is 1.64 bits per heavy atom. The Balaban J connectivity index is 0.000000191. The summed E-state index contributed by atoms with van der Waals surface area (Å²) in [7, 11) is 0. The summed E-state index contributed by atoms with van der Waals surface area (Å²) in [6.45, 7) is 13.7. The van der Waals surface area contributed by atoms with E-state index < -0.39 is 18.8 Å². The van der Waals surface area contributed by atoms with E-state index in [9.17, 15) is 18.7 Å². The molecule has 2 aliphatic rings. The van der Waals surface area contributed by atoms with Gasteiger partial charge in [-0.3, -0.25) is 4.79 Å². The number of pyridine rings is 2. The summed E-state index contributed by atoms with van der Waals surface area (Å²) in [6, 6.07) is 30.4. The molecule has 1 unspecified atom stereocenters. The van der Waals surface area contributed by atoms with Crippen LogP contribution >= 0.6 is 0 Å². The number of alkyl halides is 2. The number of allylic oxidation sites excluding steroid dienone is 2. The maximum atomic E-state index is 12.2. The number of fused-ring (bicyclic) bond motifs is 2. The van der Waals surface area contributed by atoms with Gasteiger partial charge < -0.3 is 15.1 Å². The van der Waals surface area contributed by atoms with Crippen molar-refractivity contribution in [2.45, 2.75) is 144 Å². The molecule has 1 atom stereocenters. The number of halogens is 2. The number of aromatic nitrogens is 2. The number of nitrogens with zero attached hydrogens (tertiary/aromatic N) is 2. The van der Waals surface area contributed by atoms with Gasteiger partial charge >= 0.3 is 0 Å². The number of rotatable bonds is 12. The fraction of sp³-hybridized carbons (Fsp3) is 0.421. The maximum Gasteiger partial charge on any atom is 0.239 e. The van der Waals surface area contributed by atoms with E-state index in [1.807, 2.05) is 26.8 Å². The number of aliphatic hydroxyl groups is 1. The number of aliphatic hydroxyl groups excluding tert-OH is 1. The van der Waals surface area contributed by atoms with E-state index in [1.54, 1.807) is 6.92 Å². The van der Waals surface area contributed by atoms with Crippen LogP contribution in [-0.4, -0.2) is 27.3 Å². The number of aryl methyl sites for hydroxylation is 4. The molecule has 1 N–H and O–H groups in total. The number of benzene rings is 4. The SMILES string of the molecule is CCC(CC)C(=O)/C=C(\O)C(CC)CC(F)F.[2H]c1cc2cc(C3CCCC3)ccc2c(-c2[c-]c(C)cc(C)c2)n1.[2H]c1nc(-c2[c-]c(C)cc(C)c2)c2ccc(C3CCCC3)cc2c1[2H].[Ir]. The topological polar surface area (TPSA) is 63.1 Å². The zero-order valence-electron chi connectivity index (χ0n) is 41.6. The summed E-state index contributed by atoms with van der Waals surface area (Å²) in [4.78, 5) is 20.6. The molecule has 2 fully saturated rings. The third-order valence-corrected chi connectivity index (χ3v) is 12.9. The van der Waals surface area contributed by atoms with Crippen LogP contribution in [0.15, 0.2) is 97.0 Å². The molecule has 341 valence electrons. The Kier molecular flexibility index (Phi) is 17.3. The average Bonchev–Trinajstić information content (AvgIpc) is 4.03. The molecule has 4 nitrogen and oxygen atoms in total. The molecule has 0 amide bonds. The van der Waals surface area contributed by atoms with Gasteiger partial charge in [-0.2, -0.15) is 0 Å². The van der Waals surface area contributed by atoms with Gasteiger partial charge in [0.2, 0.25) is 6.43 Å². The van der Waals surface area contributed by atoms with Crippen molar-refractivity contribution in [3.63, 3.8) is 0 Å². The van der Waals surface area contributed by atoms with Gasteiger partial charge in [0.1, 0.15) is 0 Å². The van der Waals surface area contributed by atoms with Crippen molar-refractivity contribution < 1.29 is 42.9 Å². The zero-order chi connectivity index (χ0) is 47.7. The van der Waals surface area contributed by atoms with Gasteiger partial charge in [-0.25, -0.2) is 8.78 Å². The molecule has 7 heteroatoms. The van der Waals surface area contributed by atoms with E-state index >= 15 is 0 Å². The van der Waals surface area contributed by atoms with Crippen LogP contribution in [0.25, 0.3) is 44.1 Å². The van der Waals surface area contributed by atoms with Gasteiger partial charge in [0.05, 0.1) is 9.87 Å². The standard InChI is InChI=1S/2C22H22N.C13H22F2O2.Ir/c2*1-15-11-16(2)13-20(12-15)22-21-8-7-18(17-5-3-4-6-17)14-19(21)9-10-23-22;1-4-9(5-2)11(16)8-12(17)10(6-3)7-13(14)15;/h2*7-12,14,17H,3-6H2,1-2H3;8-10,13,17H,4-7H2,1-3H3;/q2*-1;;/b;;12-8-;/i9D,10D;10D;;. The van der Waals surface area contributed by atoms with E-state index in [0.717, 1.165) is 66.8 Å². The Labute approximate surface area is 399 Å². The molecule has 8 rings (SSSR count). The fourth-order valence-corrected chi connectivity index (χ4v) is 9.49. The second-order valence-electron chi connectivity index (χ2n) is 17.8. The molecule has 0 saturated heterocycles. The molecular weight excluding hydrogens is 975 g/mol. The summed E-state index contributed by atoms with van der Waals surface area (Å²) < 4.78 is 49.1. The summed E-state index contributed by atoms with van der Waals surface area (Å²) in [5.74, 6) is 0.176. The molecule has 0 bridgehead atoms. The summed E-state index contributed by atoms with van der Waals surface area (Å²) in [5, 5.41) is 13.7. The molecule has 2 heterocycles. The van der Waals surface area contributed by atoms with Crippen molar-refractivity contribution in [2.24, 2.45) is 11.8 Å². The predicted molar refractivity (Wildman–Crippen MR) is 258 cm³/mol. The van der Waals surface area contributed by atoms with Crippen molar-refractivity contribution in [3.05, 3.63) is 142 Å². The fourth-order valence-electron chi connectivity index (χ4n) is 9.49. The Hall–Kier alpha value is -4.58. The summed E-state index contributed by atoms with van der Waals surface area (Å²) in [6.07, 6.45) is 10.8. The van der Waals surface area contributed by atoms with Gasteiger partial charge in [-0.1, -0.05) is 111 Å². The van der Waals surface area contributed by atoms with Crippen LogP contribution in [0.5, 0.6) is 0 Å². The van der Waals surface area contributed by atoms with E-state index in [0.29, 0.717) is 37.3 Å². The molecule has 2 aliphatic carbocycles. The molecule has 0 aliphatic heterocycles. The van der Waals surface area contributed by atoms with Gasteiger partial charge in [0.15, 0.2) is 5.78 Å². The minimum atomic E-state index is -2.46. The summed E-state index contributed by atoms with van der Waals surface area (Å²) >= 11 is 0. The maximum absolute atomic E-state index is 12.2. The van der Waals surface area contributed by atoms with Gasteiger partial charge in [0, 0.05) is 56.8 Å². The van der Waals surface area contributed by atoms with Crippen LogP contribution in [-0.2, 0) is 24.9 Å². The van der Waals surface area contributed by atoms with Crippen LogP contribution in [0.4, 0.5) is 8.78 Å². The number of carbonyl (C=O) groups excluding carboxylic acids is 1. The van der Waals surface area contributed by atoms with Crippen LogP contribution in [0.2, 0.25) is 0 Å². The first-order chi connectivity index (χ1) is 31.6. The minimum absolute atomic E-state index is 0. The zero-order valence-corrected chi connectivity index (χ0v) is 41.0. The van der Waals surface area contributed by atoms with Crippen molar-refractivity contribution in [2.75, 3.05) is 0 Å². The molecule has 2 aromatic heterocycles. The minimum Gasteiger partial charge on any atom is -0.512 e. The number of hydrogen-bond donors (Lipinski definition) is 1. The average molecular weight is 1040 g/mol. The van der Waals surface area contributed by atoms with Crippen molar-refractivity contribution in [1.82, 2.24) is 9.97 Å². The van der Waals surface area contributed by atoms with Crippen molar-refractivity contribution >= 4 is 27.3 Å². The monoisotopic (exact) mass is 1040 g/mol. The third-order valence-electron chi connectivity index (χ3n) is 12.9. The first-order valence-electron chi connectivity index (χ1n) is 24.6. The number of ketones is 1. The first kappa shape index (κ1) is 46.0. The van der Waals surface area contributed by atoms with E-state index in [2.05, 4.69) is 104 Å². The Morgan fingerprint density at radius 2 is 1.17 bits per heavy atom.